The number of aliphatic carboxylic acids is 1. The maximum absolute atomic E-state index is 10.7. The summed E-state index contributed by atoms with van der Waals surface area (Å²) in [6, 6.07) is 5.60. The Kier molecular flexibility index (Phi) is 5.88. The van der Waals surface area contributed by atoms with E-state index in [2.05, 4.69) is 39.7 Å². The second kappa shape index (κ2) is 7.46. The lowest BCUT2D eigenvalue weighted by molar-refractivity contribution is -0.133. The molecule has 1 N–H and O–H groups in total. The van der Waals surface area contributed by atoms with Crippen molar-refractivity contribution in [2.45, 2.75) is 25.0 Å². The van der Waals surface area contributed by atoms with Crippen molar-refractivity contribution in [1.82, 2.24) is 14.8 Å². The predicted octanol–water partition coefficient (Wildman–Crippen LogP) is 3.79. The largest absolute Gasteiger partial charge is 0.481 e. The number of rotatable bonds is 6. The average Bonchev–Trinajstić information content (AvgIpc) is 2.82. The average molecular weight is 438 g/mol. The fraction of sp³-hybridized carbons (Fsp3) is 0.308. The molecule has 0 radical (unpaired) electrons. The Bertz CT molecular complexity index is 663. The van der Waals surface area contributed by atoms with Crippen molar-refractivity contribution in [3.63, 3.8) is 0 Å². The maximum atomic E-state index is 10.7. The van der Waals surface area contributed by atoms with Gasteiger partial charge in [0.2, 0.25) is 0 Å². The van der Waals surface area contributed by atoms with Crippen LogP contribution in [-0.2, 0) is 11.3 Å². The van der Waals surface area contributed by atoms with Gasteiger partial charge in [-0.05, 0) is 47.2 Å². The number of carboxylic acid groups (broad SMARTS) is 1. The molecular weight excluding hydrogens is 425 g/mol. The molecule has 8 heteroatoms. The minimum absolute atomic E-state index is 0.0332. The number of nitrogens with zero attached hydrogens (tertiary/aromatic N) is 3. The van der Waals surface area contributed by atoms with Crippen LogP contribution in [0.15, 0.2) is 23.4 Å². The van der Waals surface area contributed by atoms with Crippen molar-refractivity contribution >= 4 is 51.9 Å². The minimum Gasteiger partial charge on any atom is -0.481 e. The highest BCUT2D eigenvalue weighted by molar-refractivity contribution is 14.1. The highest BCUT2D eigenvalue weighted by Crippen LogP contribution is 2.29. The molecule has 0 aliphatic heterocycles. The van der Waals surface area contributed by atoms with Crippen LogP contribution in [0, 0.1) is 3.57 Å². The highest BCUT2D eigenvalue weighted by Gasteiger charge is 2.17. The van der Waals surface area contributed by atoms with E-state index in [0.717, 1.165) is 27.9 Å². The van der Waals surface area contributed by atoms with E-state index >= 15 is 0 Å². The van der Waals surface area contributed by atoms with E-state index in [4.69, 9.17) is 16.7 Å². The first-order chi connectivity index (χ1) is 10.0. The third-order valence-electron chi connectivity index (χ3n) is 2.66. The molecule has 0 unspecified atom stereocenters. The summed E-state index contributed by atoms with van der Waals surface area (Å²) in [4.78, 5) is 10.7. The van der Waals surface area contributed by atoms with Crippen LogP contribution >= 0.6 is 46.0 Å². The molecule has 21 heavy (non-hydrogen) atoms. The van der Waals surface area contributed by atoms with Gasteiger partial charge in [0.15, 0.2) is 11.0 Å². The topological polar surface area (TPSA) is 68.0 Å². The summed E-state index contributed by atoms with van der Waals surface area (Å²) in [5.74, 6) is -0.185. The van der Waals surface area contributed by atoms with Gasteiger partial charge in [0.25, 0.3) is 0 Å². The van der Waals surface area contributed by atoms with Crippen LogP contribution in [0.1, 0.15) is 13.3 Å². The summed E-state index contributed by atoms with van der Waals surface area (Å²) in [5.41, 5.74) is 0.909. The van der Waals surface area contributed by atoms with Gasteiger partial charge >= 0.3 is 5.97 Å². The van der Waals surface area contributed by atoms with Crippen LogP contribution < -0.4 is 0 Å². The molecule has 112 valence electrons. The van der Waals surface area contributed by atoms with Crippen LogP contribution in [0.3, 0.4) is 0 Å². The Labute approximate surface area is 145 Å². The number of halogens is 2. The Morgan fingerprint density at radius 2 is 2.24 bits per heavy atom. The first kappa shape index (κ1) is 16.6. The van der Waals surface area contributed by atoms with Gasteiger partial charge in [0, 0.05) is 20.7 Å². The van der Waals surface area contributed by atoms with E-state index < -0.39 is 5.97 Å². The zero-order chi connectivity index (χ0) is 15.4. The summed E-state index contributed by atoms with van der Waals surface area (Å²) < 4.78 is 2.97. The summed E-state index contributed by atoms with van der Waals surface area (Å²) >= 11 is 9.46. The van der Waals surface area contributed by atoms with Gasteiger partial charge < -0.3 is 9.67 Å². The lowest BCUT2D eigenvalue weighted by Crippen LogP contribution is -2.05. The van der Waals surface area contributed by atoms with E-state index in [-0.39, 0.29) is 5.75 Å². The van der Waals surface area contributed by atoms with Gasteiger partial charge in [-0.1, -0.05) is 30.3 Å². The van der Waals surface area contributed by atoms with Crippen molar-refractivity contribution in [2.24, 2.45) is 0 Å². The molecule has 0 saturated heterocycles. The molecule has 2 aromatic rings. The van der Waals surface area contributed by atoms with Gasteiger partial charge in [-0.2, -0.15) is 0 Å². The first-order valence-corrected chi connectivity index (χ1v) is 8.70. The number of carboxylic acids is 1. The fourth-order valence-corrected chi connectivity index (χ4v) is 3.25. The van der Waals surface area contributed by atoms with Crippen molar-refractivity contribution in [1.29, 1.82) is 0 Å². The Hall–Kier alpha value is -0.800. The van der Waals surface area contributed by atoms with Crippen molar-refractivity contribution < 1.29 is 9.90 Å². The number of hydrogen-bond donors (Lipinski definition) is 1. The molecular formula is C13H13ClIN3O2S. The van der Waals surface area contributed by atoms with Gasteiger partial charge in [-0.25, -0.2) is 0 Å². The standard InChI is InChI=1S/C13H13ClIN3O2S/c1-2-5-18-12(9-6-8(14)3-4-10(9)15)16-17-13(18)21-7-11(19)20/h3-4,6H,2,5,7H2,1H3,(H,19,20). The van der Waals surface area contributed by atoms with E-state index in [1.807, 2.05) is 22.8 Å². The van der Waals surface area contributed by atoms with Gasteiger partial charge in [0.05, 0.1) is 5.75 Å². The molecule has 1 aromatic heterocycles. The molecule has 0 aliphatic carbocycles. The van der Waals surface area contributed by atoms with Crippen molar-refractivity contribution in [3.05, 3.63) is 26.8 Å². The van der Waals surface area contributed by atoms with E-state index in [1.165, 1.54) is 11.8 Å². The van der Waals surface area contributed by atoms with Crippen LogP contribution in [0.4, 0.5) is 0 Å². The highest BCUT2D eigenvalue weighted by atomic mass is 127. The van der Waals surface area contributed by atoms with Crippen LogP contribution in [0.5, 0.6) is 0 Å². The fourth-order valence-electron chi connectivity index (χ4n) is 1.82. The lowest BCUT2D eigenvalue weighted by Gasteiger charge is -2.09. The molecule has 0 fully saturated rings. The predicted molar refractivity (Wildman–Crippen MR) is 91.8 cm³/mol. The molecule has 0 bridgehead atoms. The number of carbonyl (C=O) groups is 1. The molecule has 0 aliphatic rings. The second-order valence-corrected chi connectivity index (χ2v) is 6.81. The smallest absolute Gasteiger partial charge is 0.313 e. The summed E-state index contributed by atoms with van der Waals surface area (Å²) in [6.07, 6.45) is 0.906. The molecule has 1 heterocycles. The number of hydrogen-bond acceptors (Lipinski definition) is 4. The van der Waals surface area contributed by atoms with E-state index in [1.54, 1.807) is 0 Å². The van der Waals surface area contributed by atoms with E-state index in [0.29, 0.717) is 10.2 Å². The molecule has 0 saturated carbocycles. The van der Waals surface area contributed by atoms with Crippen LogP contribution in [-0.4, -0.2) is 31.6 Å². The van der Waals surface area contributed by atoms with Gasteiger partial charge in [0.1, 0.15) is 0 Å². The Morgan fingerprint density at radius 3 is 2.90 bits per heavy atom. The monoisotopic (exact) mass is 437 g/mol. The summed E-state index contributed by atoms with van der Waals surface area (Å²) in [5, 5.41) is 18.4. The number of aromatic nitrogens is 3. The zero-order valence-corrected chi connectivity index (χ0v) is 14.9. The lowest BCUT2D eigenvalue weighted by atomic mass is 10.2. The molecule has 2 rings (SSSR count). The summed E-state index contributed by atoms with van der Waals surface area (Å²) in [7, 11) is 0. The molecule has 1 aromatic carbocycles. The maximum Gasteiger partial charge on any atom is 0.313 e. The molecule has 0 amide bonds. The molecule has 5 nitrogen and oxygen atoms in total. The quantitative estimate of drug-likeness (QED) is 0.550. The minimum atomic E-state index is -0.870. The Morgan fingerprint density at radius 1 is 1.48 bits per heavy atom. The Balaban J connectivity index is 2.43. The SMILES string of the molecule is CCCn1c(SCC(=O)O)nnc1-c1cc(Cl)ccc1I. The third kappa shape index (κ3) is 4.10. The van der Waals surface area contributed by atoms with Crippen LogP contribution in [0.2, 0.25) is 5.02 Å². The first-order valence-electron chi connectivity index (χ1n) is 6.26. The number of thioether (sulfide) groups is 1. The van der Waals surface area contributed by atoms with Gasteiger partial charge in [-0.3, -0.25) is 4.79 Å². The zero-order valence-electron chi connectivity index (χ0n) is 11.2. The van der Waals surface area contributed by atoms with Crippen molar-refractivity contribution in [2.75, 3.05) is 5.75 Å². The third-order valence-corrected chi connectivity index (χ3v) is 4.79. The second-order valence-electron chi connectivity index (χ2n) is 4.26. The number of benzene rings is 1. The summed E-state index contributed by atoms with van der Waals surface area (Å²) in [6.45, 7) is 2.78. The molecule has 0 atom stereocenters. The molecule has 0 spiro atoms. The van der Waals surface area contributed by atoms with Crippen LogP contribution in [0.25, 0.3) is 11.4 Å². The normalized spacial score (nSPS) is 10.8. The van der Waals surface area contributed by atoms with Gasteiger partial charge in [-0.15, -0.1) is 10.2 Å². The van der Waals surface area contributed by atoms with Crippen molar-refractivity contribution in [3.8, 4) is 11.4 Å². The van der Waals surface area contributed by atoms with E-state index in [9.17, 15) is 4.79 Å².